The second kappa shape index (κ2) is 11.6. The van der Waals surface area contributed by atoms with Crippen molar-refractivity contribution in [3.63, 3.8) is 0 Å². The Kier molecular flexibility index (Phi) is 8.24. The smallest absolute Gasteiger partial charge is 0.311 e. The van der Waals surface area contributed by atoms with Crippen molar-refractivity contribution in [3.05, 3.63) is 84.4 Å². The molecule has 0 atom stereocenters. The molecule has 0 aliphatic carbocycles. The minimum absolute atomic E-state index is 0.209. The molecule has 0 unspecified atom stereocenters. The fourth-order valence-electron chi connectivity index (χ4n) is 4.05. The van der Waals surface area contributed by atoms with E-state index in [1.54, 1.807) is 0 Å². The second-order valence-corrected chi connectivity index (χ2v) is 11.1. The summed E-state index contributed by atoms with van der Waals surface area (Å²) in [6, 6.07) is 25.1. The number of carbonyl (C=O) groups excluding carboxylic acids is 1. The van der Waals surface area contributed by atoms with Crippen molar-refractivity contribution >= 4 is 23.4 Å². The quantitative estimate of drug-likeness (QED) is 0.249. The molecule has 6 nitrogen and oxygen atoms in total. The molecular weight excluding hydrogens is 484 g/mol. The number of benzene rings is 3. The van der Waals surface area contributed by atoms with Crippen LogP contribution in [0.3, 0.4) is 0 Å². The van der Waals surface area contributed by atoms with E-state index in [-0.39, 0.29) is 12.6 Å². The number of carbonyl (C=O) groups is 1. The van der Waals surface area contributed by atoms with Crippen molar-refractivity contribution in [3.8, 4) is 33.9 Å². The molecule has 3 aromatic carbocycles. The molecular formula is C33H38N4O2. The topological polar surface area (TPSA) is 61.5 Å². The van der Waals surface area contributed by atoms with Crippen molar-refractivity contribution in [1.82, 2.24) is 9.97 Å². The summed E-state index contributed by atoms with van der Waals surface area (Å²) in [6.07, 6.45) is 3.81. The third kappa shape index (κ3) is 6.77. The van der Waals surface area contributed by atoms with E-state index in [0.29, 0.717) is 0 Å². The normalized spacial score (nSPS) is 11.6. The number of hydrogen-bond donors (Lipinski definition) is 1. The minimum atomic E-state index is -0.501. The van der Waals surface area contributed by atoms with Crippen molar-refractivity contribution in [1.29, 1.82) is 0 Å². The highest BCUT2D eigenvalue weighted by Gasteiger charge is 2.22. The van der Waals surface area contributed by atoms with E-state index in [9.17, 15) is 4.79 Å². The zero-order valence-electron chi connectivity index (χ0n) is 23.9. The maximum Gasteiger partial charge on any atom is 0.311 e. The van der Waals surface area contributed by atoms with Gasteiger partial charge in [0.1, 0.15) is 12.4 Å². The SMILES string of the molecule is CN(C)c1ccc(-c2nc(-c3ccc(/C=C/COC(=O)C(C)(C)C)cc3)[nH]c2-c2ccc(N(C)C)cc2)cc1. The predicted molar refractivity (Wildman–Crippen MR) is 163 cm³/mol. The Bertz CT molecular complexity index is 1350. The molecule has 0 spiro atoms. The summed E-state index contributed by atoms with van der Waals surface area (Å²) in [4.78, 5) is 24.8. The Hall–Kier alpha value is -4.32. The largest absolute Gasteiger partial charge is 0.461 e. The fraction of sp³-hybridized carbons (Fsp3) is 0.273. The van der Waals surface area contributed by atoms with Crippen LogP contribution in [0.2, 0.25) is 0 Å². The van der Waals surface area contributed by atoms with E-state index in [4.69, 9.17) is 9.72 Å². The lowest BCUT2D eigenvalue weighted by Gasteiger charge is -2.15. The Labute approximate surface area is 232 Å². The van der Waals surface area contributed by atoms with Crippen LogP contribution in [-0.2, 0) is 9.53 Å². The molecule has 0 saturated carbocycles. The number of nitrogens with zero attached hydrogens (tertiary/aromatic N) is 3. The van der Waals surface area contributed by atoms with Gasteiger partial charge in [0, 0.05) is 56.3 Å². The first-order chi connectivity index (χ1) is 18.5. The van der Waals surface area contributed by atoms with Gasteiger partial charge in [0.05, 0.1) is 16.8 Å². The summed E-state index contributed by atoms with van der Waals surface area (Å²) < 4.78 is 5.32. The summed E-state index contributed by atoms with van der Waals surface area (Å²) in [5, 5.41) is 0. The first kappa shape index (κ1) is 27.7. The standard InChI is InChI=1S/C33H38N4O2/c1-33(2,3)32(38)39-22-8-9-23-10-12-26(13-11-23)31-34-29(24-14-18-27(19-15-24)36(4)5)30(35-31)25-16-20-28(21-17-25)37(6)7/h8-21H,22H2,1-7H3,(H,34,35)/b9-8+. The van der Waals surface area contributed by atoms with Crippen LogP contribution in [0.15, 0.2) is 78.9 Å². The minimum Gasteiger partial charge on any atom is -0.461 e. The van der Waals surface area contributed by atoms with Crippen LogP contribution in [0.5, 0.6) is 0 Å². The molecule has 1 aromatic heterocycles. The number of anilines is 2. The molecule has 4 aromatic rings. The van der Waals surface area contributed by atoms with Gasteiger partial charge in [-0.2, -0.15) is 0 Å². The first-order valence-electron chi connectivity index (χ1n) is 13.1. The van der Waals surface area contributed by atoms with Crippen molar-refractivity contribution in [2.45, 2.75) is 20.8 Å². The molecule has 0 radical (unpaired) electrons. The van der Waals surface area contributed by atoms with E-state index in [1.807, 2.05) is 73.2 Å². The molecule has 1 N–H and O–H groups in total. The van der Waals surface area contributed by atoms with Gasteiger partial charge < -0.3 is 19.5 Å². The number of imidazole rings is 1. The summed E-state index contributed by atoms with van der Waals surface area (Å²) in [7, 11) is 8.16. The Morgan fingerprint density at radius 1 is 0.795 bits per heavy atom. The van der Waals surface area contributed by atoms with Gasteiger partial charge in [0.15, 0.2) is 0 Å². The zero-order chi connectivity index (χ0) is 28.2. The number of H-pyrrole nitrogens is 1. The fourth-order valence-corrected chi connectivity index (χ4v) is 4.05. The number of aromatic amines is 1. The maximum atomic E-state index is 11.9. The number of aromatic nitrogens is 2. The van der Waals surface area contributed by atoms with Gasteiger partial charge in [-0.25, -0.2) is 4.98 Å². The highest BCUT2D eigenvalue weighted by atomic mass is 16.5. The third-order valence-corrected chi connectivity index (χ3v) is 6.45. The number of ether oxygens (including phenoxy) is 1. The van der Waals surface area contributed by atoms with Gasteiger partial charge >= 0.3 is 5.97 Å². The molecule has 0 aliphatic rings. The average Bonchev–Trinajstić information content (AvgIpc) is 3.36. The molecule has 0 amide bonds. The van der Waals surface area contributed by atoms with Crippen molar-refractivity contribution < 1.29 is 9.53 Å². The van der Waals surface area contributed by atoms with Crippen LogP contribution in [-0.4, -0.2) is 50.7 Å². The molecule has 39 heavy (non-hydrogen) atoms. The highest BCUT2D eigenvalue weighted by molar-refractivity contribution is 5.82. The average molecular weight is 523 g/mol. The number of hydrogen-bond acceptors (Lipinski definition) is 5. The lowest BCUT2D eigenvalue weighted by molar-refractivity contribution is -0.151. The third-order valence-electron chi connectivity index (χ3n) is 6.45. The first-order valence-corrected chi connectivity index (χ1v) is 13.1. The molecule has 0 bridgehead atoms. The highest BCUT2D eigenvalue weighted by Crippen LogP contribution is 2.34. The van der Waals surface area contributed by atoms with Gasteiger partial charge in [-0.05, 0) is 56.7 Å². The number of esters is 1. The molecule has 0 fully saturated rings. The number of rotatable bonds is 8. The van der Waals surface area contributed by atoms with E-state index >= 15 is 0 Å². The summed E-state index contributed by atoms with van der Waals surface area (Å²) in [5.41, 5.74) is 7.84. The second-order valence-electron chi connectivity index (χ2n) is 11.1. The Morgan fingerprint density at radius 2 is 1.31 bits per heavy atom. The monoisotopic (exact) mass is 522 g/mol. The van der Waals surface area contributed by atoms with Gasteiger partial charge in [0.25, 0.3) is 0 Å². The molecule has 6 heteroatoms. The van der Waals surface area contributed by atoms with Gasteiger partial charge in [-0.3, -0.25) is 4.79 Å². The molecule has 0 saturated heterocycles. The lowest BCUT2D eigenvalue weighted by atomic mass is 9.97. The van der Waals surface area contributed by atoms with E-state index < -0.39 is 5.41 Å². The van der Waals surface area contributed by atoms with E-state index in [0.717, 1.165) is 50.8 Å². The predicted octanol–water partition coefficient (Wildman–Crippen LogP) is 7.15. The van der Waals surface area contributed by atoms with Crippen LogP contribution in [0.25, 0.3) is 40.0 Å². The van der Waals surface area contributed by atoms with E-state index in [2.05, 4.69) is 75.4 Å². The Balaban J connectivity index is 1.61. The zero-order valence-corrected chi connectivity index (χ0v) is 23.9. The lowest BCUT2D eigenvalue weighted by Crippen LogP contribution is -2.22. The van der Waals surface area contributed by atoms with Crippen LogP contribution < -0.4 is 9.80 Å². The van der Waals surface area contributed by atoms with Crippen molar-refractivity contribution in [2.24, 2.45) is 5.41 Å². The van der Waals surface area contributed by atoms with Crippen LogP contribution in [0, 0.1) is 5.41 Å². The summed E-state index contributed by atoms with van der Waals surface area (Å²) in [6.45, 7) is 5.80. The molecule has 4 rings (SSSR count). The van der Waals surface area contributed by atoms with Gasteiger partial charge in [-0.15, -0.1) is 0 Å². The van der Waals surface area contributed by atoms with Gasteiger partial charge in [-0.1, -0.05) is 54.6 Å². The van der Waals surface area contributed by atoms with Crippen LogP contribution in [0.4, 0.5) is 11.4 Å². The molecule has 202 valence electrons. The summed E-state index contributed by atoms with van der Waals surface area (Å²) >= 11 is 0. The molecule has 1 heterocycles. The van der Waals surface area contributed by atoms with Crippen molar-refractivity contribution in [2.75, 3.05) is 44.6 Å². The van der Waals surface area contributed by atoms with Gasteiger partial charge in [0.2, 0.25) is 0 Å². The maximum absolute atomic E-state index is 11.9. The number of nitrogens with one attached hydrogen (secondary N) is 1. The van der Waals surface area contributed by atoms with E-state index in [1.165, 1.54) is 0 Å². The summed E-state index contributed by atoms with van der Waals surface area (Å²) in [5.74, 6) is 0.600. The Morgan fingerprint density at radius 3 is 1.82 bits per heavy atom. The molecule has 0 aliphatic heterocycles. The van der Waals surface area contributed by atoms with Crippen LogP contribution in [0.1, 0.15) is 26.3 Å². The van der Waals surface area contributed by atoms with Crippen LogP contribution >= 0.6 is 0 Å².